The van der Waals surface area contributed by atoms with Crippen molar-refractivity contribution in [3.8, 4) is 0 Å². The second-order valence-electron chi connectivity index (χ2n) is 6.21. The van der Waals surface area contributed by atoms with Crippen molar-refractivity contribution < 1.29 is 27.7 Å². The van der Waals surface area contributed by atoms with Gasteiger partial charge in [0.05, 0.1) is 10.5 Å². The maximum absolute atomic E-state index is 12.1. The average Bonchev–Trinajstić information content (AvgIpc) is 2.57. The van der Waals surface area contributed by atoms with Crippen LogP contribution in [-0.4, -0.2) is 38.1 Å². The standard InChI is InChI=1S/C18H18N2O7S/c1-11-6-12(2)8-14(7-11)19-17(21)10-27-18(22)13-4-5-16(28(3,25)26)15(9-13)20(23)24/h4-9H,10H2,1-3H3,(H,19,21). The molecule has 0 aliphatic rings. The van der Waals surface area contributed by atoms with E-state index >= 15 is 0 Å². The minimum atomic E-state index is -3.85. The molecule has 0 spiro atoms. The van der Waals surface area contributed by atoms with E-state index in [1.54, 1.807) is 12.1 Å². The Morgan fingerprint density at radius 3 is 2.25 bits per heavy atom. The van der Waals surface area contributed by atoms with Gasteiger partial charge in [0.15, 0.2) is 16.4 Å². The van der Waals surface area contributed by atoms with Gasteiger partial charge in [0, 0.05) is 18.0 Å². The number of hydrogen-bond acceptors (Lipinski definition) is 7. The smallest absolute Gasteiger partial charge is 0.338 e. The molecule has 1 amide bonds. The lowest BCUT2D eigenvalue weighted by Gasteiger charge is -2.09. The number of anilines is 1. The highest BCUT2D eigenvalue weighted by Crippen LogP contribution is 2.25. The molecule has 10 heteroatoms. The van der Waals surface area contributed by atoms with Crippen molar-refractivity contribution in [2.24, 2.45) is 0 Å². The van der Waals surface area contributed by atoms with E-state index < -0.39 is 43.8 Å². The van der Waals surface area contributed by atoms with Gasteiger partial charge >= 0.3 is 5.97 Å². The molecule has 0 atom stereocenters. The molecule has 2 aromatic carbocycles. The van der Waals surface area contributed by atoms with Gasteiger partial charge in [-0.15, -0.1) is 0 Å². The first-order chi connectivity index (χ1) is 13.0. The van der Waals surface area contributed by atoms with Crippen LogP contribution in [0.2, 0.25) is 0 Å². The van der Waals surface area contributed by atoms with E-state index in [2.05, 4.69) is 5.32 Å². The van der Waals surface area contributed by atoms with Gasteiger partial charge in [-0.05, 0) is 49.2 Å². The lowest BCUT2D eigenvalue weighted by atomic mass is 10.1. The number of carbonyl (C=O) groups excluding carboxylic acids is 2. The molecule has 0 aliphatic carbocycles. The molecule has 28 heavy (non-hydrogen) atoms. The zero-order valence-electron chi connectivity index (χ0n) is 15.4. The molecule has 0 radical (unpaired) electrons. The van der Waals surface area contributed by atoms with Crippen molar-refractivity contribution in [1.82, 2.24) is 0 Å². The SMILES string of the molecule is Cc1cc(C)cc(NC(=O)COC(=O)c2ccc(S(C)(=O)=O)c([N+](=O)[O-])c2)c1. The molecule has 2 aromatic rings. The summed E-state index contributed by atoms with van der Waals surface area (Å²) in [6.45, 7) is 3.14. The second-order valence-corrected chi connectivity index (χ2v) is 8.20. The number of nitrogens with one attached hydrogen (secondary N) is 1. The van der Waals surface area contributed by atoms with Crippen LogP contribution in [0.25, 0.3) is 0 Å². The number of nitro benzene ring substituents is 1. The first-order valence-corrected chi connectivity index (χ1v) is 9.90. The molecular formula is C18H18N2O7S. The molecule has 2 rings (SSSR count). The fourth-order valence-electron chi connectivity index (χ4n) is 2.56. The van der Waals surface area contributed by atoms with E-state index in [0.29, 0.717) is 5.69 Å². The zero-order chi connectivity index (χ0) is 21.1. The fourth-order valence-corrected chi connectivity index (χ4v) is 3.39. The molecule has 148 valence electrons. The maximum Gasteiger partial charge on any atom is 0.338 e. The summed E-state index contributed by atoms with van der Waals surface area (Å²) in [6.07, 6.45) is 0.824. The molecular weight excluding hydrogens is 388 g/mol. The van der Waals surface area contributed by atoms with Crippen LogP contribution >= 0.6 is 0 Å². The van der Waals surface area contributed by atoms with Gasteiger partial charge < -0.3 is 10.1 Å². The Balaban J connectivity index is 2.09. The highest BCUT2D eigenvalue weighted by atomic mass is 32.2. The van der Waals surface area contributed by atoms with Crippen LogP contribution in [0, 0.1) is 24.0 Å². The molecule has 0 aromatic heterocycles. The quantitative estimate of drug-likeness (QED) is 0.442. The van der Waals surface area contributed by atoms with Crippen LogP contribution in [0.3, 0.4) is 0 Å². The molecule has 0 fully saturated rings. The first kappa shape index (κ1) is 21.0. The number of sulfone groups is 1. The normalized spacial score (nSPS) is 11.0. The number of amides is 1. The lowest BCUT2D eigenvalue weighted by molar-refractivity contribution is -0.387. The largest absolute Gasteiger partial charge is 0.452 e. The maximum atomic E-state index is 12.1. The Hall–Kier alpha value is -3.27. The molecule has 9 nitrogen and oxygen atoms in total. The monoisotopic (exact) mass is 406 g/mol. The van der Waals surface area contributed by atoms with E-state index in [1.165, 1.54) is 0 Å². The van der Waals surface area contributed by atoms with Gasteiger partial charge in [0.2, 0.25) is 0 Å². The van der Waals surface area contributed by atoms with Crippen molar-refractivity contribution in [3.63, 3.8) is 0 Å². The number of aryl methyl sites for hydroxylation is 2. The summed E-state index contributed by atoms with van der Waals surface area (Å²) in [6, 6.07) is 8.29. The summed E-state index contributed by atoms with van der Waals surface area (Å²) in [4.78, 5) is 33.7. The summed E-state index contributed by atoms with van der Waals surface area (Å²) < 4.78 is 28.1. The fraction of sp³-hybridized carbons (Fsp3) is 0.222. The Kier molecular flexibility index (Phi) is 6.14. The van der Waals surface area contributed by atoms with Gasteiger partial charge in [0.1, 0.15) is 4.90 Å². The van der Waals surface area contributed by atoms with Crippen LogP contribution in [0.5, 0.6) is 0 Å². The molecule has 1 N–H and O–H groups in total. The minimum absolute atomic E-state index is 0.238. The number of nitro groups is 1. The summed E-state index contributed by atoms with van der Waals surface area (Å²) in [7, 11) is -3.85. The Morgan fingerprint density at radius 1 is 1.11 bits per heavy atom. The Morgan fingerprint density at radius 2 is 1.71 bits per heavy atom. The first-order valence-electron chi connectivity index (χ1n) is 8.01. The van der Waals surface area contributed by atoms with E-state index in [9.17, 15) is 28.1 Å². The third kappa shape index (κ3) is 5.36. The molecule has 0 heterocycles. The summed E-state index contributed by atoms with van der Waals surface area (Å²) in [5, 5.41) is 13.7. The summed E-state index contributed by atoms with van der Waals surface area (Å²) >= 11 is 0. The molecule has 0 unspecified atom stereocenters. The molecule has 0 bridgehead atoms. The number of esters is 1. The highest BCUT2D eigenvalue weighted by molar-refractivity contribution is 7.90. The number of nitrogens with zero attached hydrogens (tertiary/aromatic N) is 1. The summed E-state index contributed by atoms with van der Waals surface area (Å²) in [5.41, 5.74) is 1.47. The molecule has 0 aliphatic heterocycles. The van der Waals surface area contributed by atoms with Crippen LogP contribution in [-0.2, 0) is 19.4 Å². The topological polar surface area (TPSA) is 133 Å². The number of ether oxygens (including phenoxy) is 1. The number of rotatable bonds is 6. The Bertz CT molecular complexity index is 1040. The Labute approximate surface area is 161 Å². The molecule has 0 saturated heterocycles. The third-order valence-corrected chi connectivity index (χ3v) is 4.77. The number of benzene rings is 2. The van der Waals surface area contributed by atoms with Gasteiger partial charge in [-0.2, -0.15) is 0 Å². The number of hydrogen-bond donors (Lipinski definition) is 1. The number of carbonyl (C=O) groups is 2. The minimum Gasteiger partial charge on any atom is -0.452 e. The van der Waals surface area contributed by atoms with Crippen molar-refractivity contribution in [1.29, 1.82) is 0 Å². The predicted octanol–water partition coefficient (Wildman–Crippen LogP) is 2.41. The van der Waals surface area contributed by atoms with Gasteiger partial charge in [-0.1, -0.05) is 6.07 Å². The van der Waals surface area contributed by atoms with E-state index in [-0.39, 0.29) is 5.56 Å². The van der Waals surface area contributed by atoms with E-state index in [1.807, 2.05) is 19.9 Å². The highest BCUT2D eigenvalue weighted by Gasteiger charge is 2.24. The predicted molar refractivity (Wildman–Crippen MR) is 101 cm³/mol. The van der Waals surface area contributed by atoms with Crippen molar-refractivity contribution >= 4 is 33.1 Å². The van der Waals surface area contributed by atoms with Crippen molar-refractivity contribution in [3.05, 3.63) is 63.2 Å². The molecule has 0 saturated carbocycles. The van der Waals surface area contributed by atoms with Crippen LogP contribution < -0.4 is 5.32 Å². The zero-order valence-corrected chi connectivity index (χ0v) is 16.2. The van der Waals surface area contributed by atoms with Gasteiger partial charge in [-0.25, -0.2) is 13.2 Å². The van der Waals surface area contributed by atoms with Crippen LogP contribution in [0.15, 0.2) is 41.3 Å². The van der Waals surface area contributed by atoms with E-state index in [4.69, 9.17) is 4.74 Å². The second kappa shape index (κ2) is 8.17. The van der Waals surface area contributed by atoms with Crippen molar-refractivity contribution in [2.45, 2.75) is 18.7 Å². The van der Waals surface area contributed by atoms with Crippen LogP contribution in [0.1, 0.15) is 21.5 Å². The van der Waals surface area contributed by atoms with Gasteiger partial charge in [0.25, 0.3) is 11.6 Å². The van der Waals surface area contributed by atoms with Crippen LogP contribution in [0.4, 0.5) is 11.4 Å². The lowest BCUT2D eigenvalue weighted by Crippen LogP contribution is -2.21. The third-order valence-electron chi connectivity index (χ3n) is 3.63. The van der Waals surface area contributed by atoms with Gasteiger partial charge in [-0.3, -0.25) is 14.9 Å². The van der Waals surface area contributed by atoms with E-state index in [0.717, 1.165) is 35.6 Å². The van der Waals surface area contributed by atoms with Crippen molar-refractivity contribution in [2.75, 3.05) is 18.2 Å². The summed E-state index contributed by atoms with van der Waals surface area (Å²) in [5.74, 6) is -1.57. The average molecular weight is 406 g/mol.